The van der Waals surface area contributed by atoms with Crippen molar-refractivity contribution in [1.82, 2.24) is 0 Å². The average Bonchev–Trinajstić information content (AvgIpc) is 2.38. The van der Waals surface area contributed by atoms with Crippen LogP contribution in [0.25, 0.3) is 11.1 Å². The quantitative estimate of drug-likeness (QED) is 0.515. The van der Waals surface area contributed by atoms with E-state index in [0.29, 0.717) is 6.42 Å². The van der Waals surface area contributed by atoms with Gasteiger partial charge < -0.3 is 0 Å². The molecule has 0 unspecified atom stereocenters. The molecule has 0 aromatic heterocycles. The van der Waals surface area contributed by atoms with Gasteiger partial charge in [-0.3, -0.25) is 10.1 Å². The molecule has 0 saturated carbocycles. The molecular formula is C14H13NO2U. The Labute approximate surface area is 130 Å². The predicted octanol–water partition coefficient (Wildman–Crippen LogP) is 3.17. The van der Waals surface area contributed by atoms with Crippen LogP contribution in [0.3, 0.4) is 0 Å². The standard InChI is InChI=1S/C14H13NO2.U/c16-15(17)11-10-12-6-8-14(9-7-12)13-4-2-1-3-5-13;/h1-9H,10-11H2;. The summed E-state index contributed by atoms with van der Waals surface area (Å²) in [7, 11) is 0. The molecule has 0 aliphatic rings. The van der Waals surface area contributed by atoms with Crippen molar-refractivity contribution < 1.29 is 36.0 Å². The van der Waals surface area contributed by atoms with Crippen LogP contribution in [-0.4, -0.2) is 11.5 Å². The van der Waals surface area contributed by atoms with Gasteiger partial charge in [0.05, 0.1) is 0 Å². The normalized spacial score (nSPS) is 9.56. The molecule has 0 aliphatic heterocycles. The average molecular weight is 465 g/mol. The van der Waals surface area contributed by atoms with Gasteiger partial charge in [0.1, 0.15) is 0 Å². The van der Waals surface area contributed by atoms with Gasteiger partial charge in [-0.15, -0.1) is 0 Å². The van der Waals surface area contributed by atoms with Crippen LogP contribution in [-0.2, 0) is 6.42 Å². The van der Waals surface area contributed by atoms with Crippen LogP contribution in [0.15, 0.2) is 54.6 Å². The Morgan fingerprint density at radius 1 is 0.889 bits per heavy atom. The van der Waals surface area contributed by atoms with Crippen molar-refractivity contribution in [2.24, 2.45) is 0 Å². The molecule has 0 heterocycles. The zero-order valence-corrected chi connectivity index (χ0v) is 14.0. The van der Waals surface area contributed by atoms with Gasteiger partial charge in [-0.2, -0.15) is 0 Å². The molecule has 0 radical (unpaired) electrons. The molecule has 0 aliphatic carbocycles. The van der Waals surface area contributed by atoms with E-state index in [0.717, 1.165) is 16.7 Å². The third kappa shape index (κ3) is 4.29. The summed E-state index contributed by atoms with van der Waals surface area (Å²) >= 11 is 0. The van der Waals surface area contributed by atoms with E-state index in [1.807, 2.05) is 54.6 Å². The molecular weight excluding hydrogens is 452 g/mol. The summed E-state index contributed by atoms with van der Waals surface area (Å²) in [5, 5.41) is 10.3. The number of hydrogen-bond acceptors (Lipinski definition) is 2. The van der Waals surface area contributed by atoms with Crippen LogP contribution in [0.5, 0.6) is 0 Å². The summed E-state index contributed by atoms with van der Waals surface area (Å²) in [6, 6.07) is 18.0. The minimum atomic E-state index is -0.287. The van der Waals surface area contributed by atoms with Gasteiger partial charge in [-0.1, -0.05) is 54.6 Å². The molecule has 0 bridgehead atoms. The van der Waals surface area contributed by atoms with Crippen LogP contribution < -0.4 is 0 Å². The SMILES string of the molecule is O=[N+]([O-])CCc1ccc(-c2ccccc2)cc1.[U]. The fraction of sp³-hybridized carbons (Fsp3) is 0.143. The summed E-state index contributed by atoms with van der Waals surface area (Å²) in [5.74, 6) is 0. The first-order valence-corrected chi connectivity index (χ1v) is 5.52. The third-order valence-electron chi connectivity index (χ3n) is 2.64. The zero-order chi connectivity index (χ0) is 12.1. The summed E-state index contributed by atoms with van der Waals surface area (Å²) in [6.45, 7) is -0.00924. The van der Waals surface area contributed by atoms with Crippen molar-refractivity contribution in [2.75, 3.05) is 6.54 Å². The number of benzene rings is 2. The predicted molar refractivity (Wildman–Crippen MR) is 67.4 cm³/mol. The molecule has 0 amide bonds. The van der Waals surface area contributed by atoms with Crippen molar-refractivity contribution in [3.63, 3.8) is 0 Å². The van der Waals surface area contributed by atoms with Crippen LogP contribution in [0.1, 0.15) is 5.56 Å². The molecule has 0 fully saturated rings. The Morgan fingerprint density at radius 2 is 1.44 bits per heavy atom. The van der Waals surface area contributed by atoms with Crippen LogP contribution in [0.2, 0.25) is 0 Å². The molecule has 18 heavy (non-hydrogen) atoms. The first-order valence-electron chi connectivity index (χ1n) is 5.52. The Kier molecular flexibility index (Phi) is 6.11. The van der Waals surface area contributed by atoms with Gasteiger partial charge in [0.25, 0.3) is 0 Å². The van der Waals surface area contributed by atoms with Crippen molar-refractivity contribution in [3.05, 3.63) is 70.3 Å². The molecule has 0 N–H and O–H groups in total. The first kappa shape index (κ1) is 15.0. The van der Waals surface area contributed by atoms with Gasteiger partial charge in [0, 0.05) is 42.5 Å². The second-order valence-corrected chi connectivity index (χ2v) is 3.87. The number of nitrogens with zero attached hydrogens (tertiary/aromatic N) is 1. The van der Waals surface area contributed by atoms with E-state index in [1.54, 1.807) is 0 Å². The van der Waals surface area contributed by atoms with E-state index in [1.165, 1.54) is 0 Å². The molecule has 90 valence electrons. The summed E-state index contributed by atoms with van der Waals surface area (Å²) in [6.07, 6.45) is 0.488. The van der Waals surface area contributed by atoms with E-state index >= 15 is 0 Å². The van der Waals surface area contributed by atoms with Crippen LogP contribution in [0, 0.1) is 41.2 Å². The second kappa shape index (κ2) is 7.35. The van der Waals surface area contributed by atoms with Crippen LogP contribution in [0.4, 0.5) is 0 Å². The molecule has 2 rings (SSSR count). The molecule has 2 aromatic carbocycles. The Morgan fingerprint density at radius 3 is 2.00 bits per heavy atom. The third-order valence-corrected chi connectivity index (χ3v) is 2.64. The number of nitro groups is 1. The summed E-state index contributed by atoms with van der Waals surface area (Å²) in [4.78, 5) is 9.98. The Bertz CT molecular complexity index is 497. The van der Waals surface area contributed by atoms with E-state index in [2.05, 4.69) is 0 Å². The maximum Gasteiger partial charge on any atom is 0.207 e. The maximum absolute atomic E-state index is 10.3. The van der Waals surface area contributed by atoms with Crippen molar-refractivity contribution >= 4 is 0 Å². The van der Waals surface area contributed by atoms with Gasteiger partial charge in [0.15, 0.2) is 0 Å². The monoisotopic (exact) mass is 465 g/mol. The van der Waals surface area contributed by atoms with E-state index in [-0.39, 0.29) is 42.6 Å². The van der Waals surface area contributed by atoms with Gasteiger partial charge in [0.2, 0.25) is 6.54 Å². The summed E-state index contributed by atoms with van der Waals surface area (Å²) in [5.41, 5.74) is 3.30. The summed E-state index contributed by atoms with van der Waals surface area (Å²) < 4.78 is 0. The van der Waals surface area contributed by atoms with Crippen LogP contribution >= 0.6 is 0 Å². The minimum Gasteiger partial charge on any atom is -0.265 e. The van der Waals surface area contributed by atoms with Crippen molar-refractivity contribution in [1.29, 1.82) is 0 Å². The van der Waals surface area contributed by atoms with E-state index < -0.39 is 0 Å². The van der Waals surface area contributed by atoms with Gasteiger partial charge in [-0.25, -0.2) is 0 Å². The van der Waals surface area contributed by atoms with E-state index in [9.17, 15) is 10.1 Å². The van der Waals surface area contributed by atoms with Crippen molar-refractivity contribution in [2.45, 2.75) is 6.42 Å². The second-order valence-electron chi connectivity index (χ2n) is 3.87. The minimum absolute atomic E-state index is 0. The largest absolute Gasteiger partial charge is 0.265 e. The zero-order valence-electron chi connectivity index (χ0n) is 9.87. The number of rotatable bonds is 4. The molecule has 3 nitrogen and oxygen atoms in total. The molecule has 0 saturated heterocycles. The van der Waals surface area contributed by atoms with Gasteiger partial charge in [-0.05, 0) is 16.7 Å². The molecule has 4 heteroatoms. The maximum atomic E-state index is 10.3. The van der Waals surface area contributed by atoms with Crippen molar-refractivity contribution in [3.8, 4) is 11.1 Å². The van der Waals surface area contributed by atoms with Gasteiger partial charge >= 0.3 is 0 Å². The fourth-order valence-corrected chi connectivity index (χ4v) is 1.71. The molecule has 2 aromatic rings. The first-order chi connectivity index (χ1) is 8.25. The Balaban J connectivity index is 0.00000162. The topological polar surface area (TPSA) is 43.1 Å². The molecule has 0 atom stereocenters. The smallest absolute Gasteiger partial charge is 0.207 e. The molecule has 0 spiro atoms. The van der Waals surface area contributed by atoms with E-state index in [4.69, 9.17) is 0 Å². The fourth-order valence-electron chi connectivity index (χ4n) is 1.71. The Hall–Kier alpha value is -1.11. The number of hydrogen-bond donors (Lipinski definition) is 0.